The van der Waals surface area contributed by atoms with Crippen LogP contribution in [0.4, 0.5) is 4.79 Å². The van der Waals surface area contributed by atoms with Gasteiger partial charge in [0, 0.05) is 5.56 Å². The van der Waals surface area contributed by atoms with Gasteiger partial charge in [-0.3, -0.25) is 10.1 Å². The number of carbonyl (C=O) groups is 2. The quantitative estimate of drug-likeness (QED) is 0.675. The largest absolute Gasteiger partial charge is 0.496 e. The van der Waals surface area contributed by atoms with Crippen LogP contribution in [0.3, 0.4) is 0 Å². The number of benzene rings is 2. The molecule has 1 aliphatic heterocycles. The van der Waals surface area contributed by atoms with Crippen molar-refractivity contribution in [1.29, 1.82) is 0 Å². The second-order valence-corrected chi connectivity index (χ2v) is 4.79. The van der Waals surface area contributed by atoms with E-state index in [1.165, 1.54) is 0 Å². The minimum absolute atomic E-state index is 0.204. The molecule has 3 rings (SSSR count). The van der Waals surface area contributed by atoms with Crippen LogP contribution in [0.1, 0.15) is 5.56 Å². The van der Waals surface area contributed by atoms with E-state index in [0.717, 1.165) is 16.7 Å². The molecule has 22 heavy (non-hydrogen) atoms. The molecule has 1 saturated heterocycles. The van der Waals surface area contributed by atoms with Crippen molar-refractivity contribution < 1.29 is 14.3 Å². The van der Waals surface area contributed by atoms with E-state index in [9.17, 15) is 9.59 Å². The van der Waals surface area contributed by atoms with Crippen molar-refractivity contribution in [2.45, 2.75) is 0 Å². The molecule has 0 atom stereocenters. The summed E-state index contributed by atoms with van der Waals surface area (Å²) in [4.78, 5) is 22.7. The second kappa shape index (κ2) is 5.73. The van der Waals surface area contributed by atoms with Crippen molar-refractivity contribution >= 4 is 18.0 Å². The van der Waals surface area contributed by atoms with Gasteiger partial charge in [-0.05, 0) is 23.3 Å². The Hall–Kier alpha value is -3.08. The molecular formula is C17H14N2O3. The van der Waals surface area contributed by atoms with Crippen molar-refractivity contribution in [3.63, 3.8) is 0 Å². The summed E-state index contributed by atoms with van der Waals surface area (Å²) in [5, 5.41) is 4.62. The Bertz CT molecular complexity index is 767. The molecule has 3 amide bonds. The molecule has 0 unspecified atom stereocenters. The van der Waals surface area contributed by atoms with Crippen LogP contribution in [0, 0.1) is 0 Å². The van der Waals surface area contributed by atoms with Crippen LogP contribution < -0.4 is 15.4 Å². The molecule has 0 aromatic heterocycles. The Kier molecular flexibility index (Phi) is 3.62. The van der Waals surface area contributed by atoms with E-state index in [-0.39, 0.29) is 5.70 Å². The van der Waals surface area contributed by atoms with Gasteiger partial charge in [0.1, 0.15) is 11.4 Å². The Morgan fingerprint density at radius 3 is 2.36 bits per heavy atom. The van der Waals surface area contributed by atoms with Crippen LogP contribution in [0.15, 0.2) is 54.2 Å². The number of imide groups is 1. The van der Waals surface area contributed by atoms with Gasteiger partial charge < -0.3 is 10.1 Å². The highest BCUT2D eigenvalue weighted by molar-refractivity contribution is 6.14. The molecule has 5 nitrogen and oxygen atoms in total. The first-order valence-electron chi connectivity index (χ1n) is 6.75. The second-order valence-electron chi connectivity index (χ2n) is 4.79. The Labute approximate surface area is 127 Å². The van der Waals surface area contributed by atoms with E-state index in [0.29, 0.717) is 5.75 Å². The fourth-order valence-electron chi connectivity index (χ4n) is 2.28. The van der Waals surface area contributed by atoms with E-state index in [1.54, 1.807) is 13.2 Å². The molecule has 2 N–H and O–H groups in total. The Morgan fingerprint density at radius 1 is 0.955 bits per heavy atom. The molecule has 110 valence electrons. The summed E-state index contributed by atoms with van der Waals surface area (Å²) in [6.45, 7) is 0. The molecule has 0 saturated carbocycles. The van der Waals surface area contributed by atoms with Gasteiger partial charge in [-0.15, -0.1) is 0 Å². The predicted molar refractivity (Wildman–Crippen MR) is 83.1 cm³/mol. The summed E-state index contributed by atoms with van der Waals surface area (Å²) in [7, 11) is 1.57. The van der Waals surface area contributed by atoms with Gasteiger partial charge in [0.05, 0.1) is 7.11 Å². The number of carbonyl (C=O) groups excluding carboxylic acids is 2. The number of hydrogen-bond donors (Lipinski definition) is 2. The lowest BCUT2D eigenvalue weighted by Gasteiger charge is -2.09. The van der Waals surface area contributed by atoms with Crippen LogP contribution in [-0.4, -0.2) is 19.0 Å². The van der Waals surface area contributed by atoms with Crippen LogP contribution in [-0.2, 0) is 4.79 Å². The average Bonchev–Trinajstić information content (AvgIpc) is 2.86. The van der Waals surface area contributed by atoms with Gasteiger partial charge in [-0.25, -0.2) is 4.79 Å². The third kappa shape index (κ3) is 2.69. The standard InChI is InChI=1S/C17H14N2O3/c1-22-15-10-12(11-5-3-2-4-6-11)7-8-13(15)9-14-16(20)19-17(21)18-14/h2-10H,1H3,(H2,18,19,20,21)/b14-9+. The minimum atomic E-state index is -0.517. The van der Waals surface area contributed by atoms with Crippen LogP contribution >= 0.6 is 0 Å². The van der Waals surface area contributed by atoms with Crippen molar-refractivity contribution in [3.8, 4) is 16.9 Å². The van der Waals surface area contributed by atoms with E-state index in [1.807, 2.05) is 48.5 Å². The molecule has 2 aromatic carbocycles. The predicted octanol–water partition coefficient (Wildman–Crippen LogP) is 2.54. The van der Waals surface area contributed by atoms with Gasteiger partial charge in [-0.2, -0.15) is 0 Å². The van der Waals surface area contributed by atoms with Gasteiger partial charge in [0.2, 0.25) is 0 Å². The van der Waals surface area contributed by atoms with Crippen molar-refractivity contribution in [2.24, 2.45) is 0 Å². The zero-order chi connectivity index (χ0) is 15.5. The average molecular weight is 294 g/mol. The lowest BCUT2D eigenvalue weighted by molar-refractivity contribution is -0.115. The molecule has 1 fully saturated rings. The molecule has 1 heterocycles. The zero-order valence-electron chi connectivity index (χ0n) is 11.9. The minimum Gasteiger partial charge on any atom is -0.496 e. The van der Waals surface area contributed by atoms with E-state index in [4.69, 9.17) is 4.74 Å². The molecule has 0 spiro atoms. The van der Waals surface area contributed by atoms with Gasteiger partial charge >= 0.3 is 6.03 Å². The molecule has 1 aliphatic rings. The first-order chi connectivity index (χ1) is 10.7. The lowest BCUT2D eigenvalue weighted by atomic mass is 10.0. The normalized spacial score (nSPS) is 15.6. The molecule has 0 bridgehead atoms. The number of amides is 3. The summed E-state index contributed by atoms with van der Waals surface area (Å²) in [5.41, 5.74) is 3.01. The number of hydrogen-bond acceptors (Lipinski definition) is 3. The molecular weight excluding hydrogens is 280 g/mol. The fourth-order valence-corrected chi connectivity index (χ4v) is 2.28. The topological polar surface area (TPSA) is 67.4 Å². The SMILES string of the molecule is COc1cc(-c2ccccc2)ccc1/C=C1/NC(=O)NC1=O. The summed E-state index contributed by atoms with van der Waals surface area (Å²) in [6.07, 6.45) is 1.59. The highest BCUT2D eigenvalue weighted by Crippen LogP contribution is 2.28. The smallest absolute Gasteiger partial charge is 0.326 e. The number of rotatable bonds is 3. The first-order valence-corrected chi connectivity index (χ1v) is 6.75. The summed E-state index contributed by atoms with van der Waals surface area (Å²) in [6, 6.07) is 15.1. The molecule has 0 radical (unpaired) electrons. The zero-order valence-corrected chi connectivity index (χ0v) is 11.9. The van der Waals surface area contributed by atoms with E-state index in [2.05, 4.69) is 10.6 Å². The van der Waals surface area contributed by atoms with Crippen molar-refractivity contribution in [3.05, 3.63) is 59.8 Å². The maximum atomic E-state index is 11.6. The van der Waals surface area contributed by atoms with Gasteiger partial charge in [-0.1, -0.05) is 42.5 Å². The van der Waals surface area contributed by atoms with Crippen molar-refractivity contribution in [2.75, 3.05) is 7.11 Å². The molecule has 5 heteroatoms. The molecule has 0 aliphatic carbocycles. The van der Waals surface area contributed by atoms with Crippen molar-refractivity contribution in [1.82, 2.24) is 10.6 Å². The number of nitrogens with one attached hydrogen (secondary N) is 2. The fraction of sp³-hybridized carbons (Fsp3) is 0.0588. The Balaban J connectivity index is 1.98. The maximum Gasteiger partial charge on any atom is 0.326 e. The number of ether oxygens (including phenoxy) is 1. The molecule has 2 aromatic rings. The third-order valence-electron chi connectivity index (χ3n) is 3.36. The summed E-state index contributed by atoms with van der Waals surface area (Å²) >= 11 is 0. The monoisotopic (exact) mass is 294 g/mol. The summed E-state index contributed by atoms with van der Waals surface area (Å²) in [5.74, 6) is 0.182. The Morgan fingerprint density at radius 2 is 1.73 bits per heavy atom. The summed E-state index contributed by atoms with van der Waals surface area (Å²) < 4.78 is 5.39. The van der Waals surface area contributed by atoms with Gasteiger partial charge in [0.15, 0.2) is 0 Å². The first kappa shape index (κ1) is 13.9. The highest BCUT2D eigenvalue weighted by atomic mass is 16.5. The van der Waals surface area contributed by atoms with E-state index < -0.39 is 11.9 Å². The third-order valence-corrected chi connectivity index (χ3v) is 3.36. The van der Waals surface area contributed by atoms with E-state index >= 15 is 0 Å². The van der Waals surface area contributed by atoms with Crippen LogP contribution in [0.25, 0.3) is 17.2 Å². The number of urea groups is 1. The van der Waals surface area contributed by atoms with Crippen LogP contribution in [0.2, 0.25) is 0 Å². The highest BCUT2D eigenvalue weighted by Gasteiger charge is 2.23. The maximum absolute atomic E-state index is 11.6. The van der Waals surface area contributed by atoms with Crippen LogP contribution in [0.5, 0.6) is 5.75 Å². The van der Waals surface area contributed by atoms with Gasteiger partial charge in [0.25, 0.3) is 5.91 Å². The lowest BCUT2D eigenvalue weighted by Crippen LogP contribution is -2.22. The number of methoxy groups -OCH3 is 1.